The van der Waals surface area contributed by atoms with E-state index in [-0.39, 0.29) is 7.92 Å². The fraction of sp³-hybridized carbons (Fsp3) is 1.00. The molecule has 0 aromatic rings. The topological polar surface area (TPSA) is 0 Å². The Morgan fingerprint density at radius 2 is 1.17 bits per heavy atom. The first kappa shape index (κ1) is 10.6. The van der Waals surface area contributed by atoms with Crippen molar-refractivity contribution < 1.29 is 18.9 Å². The summed E-state index contributed by atoms with van der Waals surface area (Å²) in [5.41, 5.74) is 0. The van der Waals surface area contributed by atoms with Crippen molar-refractivity contribution in [3.63, 3.8) is 0 Å². The van der Waals surface area contributed by atoms with Gasteiger partial charge in [-0.25, -0.2) is 0 Å². The van der Waals surface area contributed by atoms with Crippen LogP contribution in [0.5, 0.6) is 0 Å². The van der Waals surface area contributed by atoms with E-state index in [4.69, 9.17) is 0 Å². The SMILES string of the molecule is C[PH+](C)C.[Br][Ag]. The van der Waals surface area contributed by atoms with E-state index in [1.165, 1.54) is 0 Å². The zero-order valence-corrected chi connectivity index (χ0v) is 8.25. The van der Waals surface area contributed by atoms with Crippen LogP contribution in [-0.2, 0) is 18.9 Å². The molecule has 0 nitrogen and oxygen atoms in total. The van der Waals surface area contributed by atoms with Crippen LogP contribution in [0.15, 0.2) is 0 Å². The van der Waals surface area contributed by atoms with Crippen molar-refractivity contribution in [1.82, 2.24) is 0 Å². The van der Waals surface area contributed by atoms with Crippen molar-refractivity contribution >= 4 is 20.9 Å². The molecule has 0 aliphatic heterocycles. The maximum atomic E-state index is 2.76. The van der Waals surface area contributed by atoms with Crippen LogP contribution >= 0.6 is 20.9 Å². The summed E-state index contributed by atoms with van der Waals surface area (Å²) >= 11 is 5.51. The third kappa shape index (κ3) is 44.9. The van der Waals surface area contributed by atoms with E-state index in [0.717, 1.165) is 0 Å². The summed E-state index contributed by atoms with van der Waals surface area (Å²) in [6.45, 7) is 6.81. The summed E-state index contributed by atoms with van der Waals surface area (Å²) in [6, 6.07) is 0. The Kier molecular flexibility index (Phi) is 17.3. The first-order valence-electron chi connectivity index (χ1n) is 1.61. The molecule has 0 fully saturated rings. The van der Waals surface area contributed by atoms with Crippen LogP contribution in [0.2, 0.25) is 0 Å². The molecule has 0 amide bonds. The molecule has 0 saturated carbocycles. The normalized spacial score (nSPS) is 7.17. The van der Waals surface area contributed by atoms with E-state index in [2.05, 4.69) is 52.0 Å². The van der Waals surface area contributed by atoms with Gasteiger partial charge in [0.1, 0.15) is 0 Å². The average Bonchev–Trinajstić information content (AvgIpc) is 1.41. The van der Waals surface area contributed by atoms with Crippen molar-refractivity contribution in [3.8, 4) is 0 Å². The van der Waals surface area contributed by atoms with Crippen LogP contribution in [0.25, 0.3) is 0 Å². The van der Waals surface area contributed by atoms with Crippen LogP contribution < -0.4 is 0 Å². The predicted octanol–water partition coefficient (Wildman–Crippen LogP) is 1.93. The fourth-order valence-electron chi connectivity index (χ4n) is 0. The van der Waals surface area contributed by atoms with E-state index < -0.39 is 0 Å². The number of hydrogen-bond acceptors (Lipinski definition) is 0. The maximum absolute atomic E-state index is 2.76. The van der Waals surface area contributed by atoms with Gasteiger partial charge < -0.3 is 0 Å². The van der Waals surface area contributed by atoms with E-state index in [1.54, 1.807) is 0 Å². The van der Waals surface area contributed by atoms with Crippen LogP contribution in [0.3, 0.4) is 0 Å². The van der Waals surface area contributed by atoms with Gasteiger partial charge in [-0.15, -0.1) is 0 Å². The summed E-state index contributed by atoms with van der Waals surface area (Å²) in [6.07, 6.45) is 0. The van der Waals surface area contributed by atoms with Gasteiger partial charge in [-0.2, -0.15) is 0 Å². The molecule has 0 aromatic carbocycles. The average molecular weight is 265 g/mol. The molecule has 0 aromatic heterocycles. The van der Waals surface area contributed by atoms with Crippen LogP contribution in [-0.4, -0.2) is 20.0 Å². The molecular formula is C3H10AgBrP+. The van der Waals surface area contributed by atoms with E-state index >= 15 is 0 Å². The second-order valence-electron chi connectivity index (χ2n) is 1.50. The molecule has 3 heteroatoms. The molecule has 0 aliphatic rings. The second-order valence-corrected chi connectivity index (χ2v) is 4.50. The van der Waals surface area contributed by atoms with E-state index in [0.29, 0.717) is 0 Å². The molecule has 0 unspecified atom stereocenters. The summed E-state index contributed by atoms with van der Waals surface area (Å²) in [7, 11) is 0.120. The molecule has 6 heavy (non-hydrogen) atoms. The van der Waals surface area contributed by atoms with Crippen molar-refractivity contribution in [3.05, 3.63) is 0 Å². The molecule has 0 heterocycles. The molecule has 0 bridgehead atoms. The van der Waals surface area contributed by atoms with E-state index in [1.807, 2.05) is 0 Å². The molecule has 0 spiro atoms. The molecule has 0 N–H and O–H groups in total. The molecule has 0 aliphatic carbocycles. The Labute approximate surface area is 59.7 Å². The monoisotopic (exact) mass is 263 g/mol. The molecular weight excluding hydrogens is 255 g/mol. The number of rotatable bonds is 0. The van der Waals surface area contributed by atoms with Crippen LogP contribution in [0.4, 0.5) is 0 Å². The van der Waals surface area contributed by atoms with Gasteiger partial charge in [-0.1, -0.05) is 0 Å². The Morgan fingerprint density at radius 1 is 1.17 bits per heavy atom. The zero-order chi connectivity index (χ0) is 5.58. The van der Waals surface area contributed by atoms with Crippen molar-refractivity contribution in [2.45, 2.75) is 0 Å². The standard InChI is InChI=1S/C3H9P.Ag.BrH/c1-4(2)3;;/h1-3H3;;1H/q;+1;. The summed E-state index contributed by atoms with van der Waals surface area (Å²) in [5.74, 6) is 0. The third-order valence-corrected chi connectivity index (χ3v) is 0. The Hall–Kier alpha value is 1.65. The van der Waals surface area contributed by atoms with Crippen molar-refractivity contribution in [2.75, 3.05) is 20.0 Å². The van der Waals surface area contributed by atoms with Crippen LogP contribution in [0, 0.1) is 0 Å². The third-order valence-electron chi connectivity index (χ3n) is 0. The number of halogens is 1. The van der Waals surface area contributed by atoms with Crippen molar-refractivity contribution in [1.29, 1.82) is 0 Å². The minimum atomic E-state index is 0.120. The van der Waals surface area contributed by atoms with Gasteiger partial charge in [0.15, 0.2) is 0 Å². The molecule has 44 valence electrons. The first-order valence-corrected chi connectivity index (χ1v) is 8.00. The van der Waals surface area contributed by atoms with Gasteiger partial charge in [-0.05, 0) is 7.92 Å². The van der Waals surface area contributed by atoms with Gasteiger partial charge in [0.05, 0.1) is 0 Å². The molecule has 0 saturated heterocycles. The van der Waals surface area contributed by atoms with E-state index in [9.17, 15) is 0 Å². The minimum absolute atomic E-state index is 0.120. The van der Waals surface area contributed by atoms with Gasteiger partial charge in [0.25, 0.3) is 0 Å². The number of hydrogen-bond donors (Lipinski definition) is 0. The van der Waals surface area contributed by atoms with Crippen molar-refractivity contribution in [2.24, 2.45) is 0 Å². The van der Waals surface area contributed by atoms with Gasteiger partial charge in [-0.3, -0.25) is 0 Å². The van der Waals surface area contributed by atoms with Crippen LogP contribution in [0.1, 0.15) is 0 Å². The summed E-state index contributed by atoms with van der Waals surface area (Å²) in [4.78, 5) is 0. The van der Waals surface area contributed by atoms with Gasteiger partial charge in [0.2, 0.25) is 0 Å². The van der Waals surface area contributed by atoms with Gasteiger partial charge >= 0.3 is 32.0 Å². The molecule has 0 atom stereocenters. The zero-order valence-electron chi connectivity index (χ0n) is 4.18. The summed E-state index contributed by atoms with van der Waals surface area (Å²) < 4.78 is 0. The fourth-order valence-corrected chi connectivity index (χ4v) is 0. The molecule has 0 rings (SSSR count). The Bertz CT molecular complexity index is 15.5. The Balaban J connectivity index is 0. The predicted molar refractivity (Wildman–Crippen MR) is 35.0 cm³/mol. The summed E-state index contributed by atoms with van der Waals surface area (Å²) in [5, 5.41) is 0. The second kappa shape index (κ2) is 9.82. The molecule has 0 radical (unpaired) electrons. The Morgan fingerprint density at radius 3 is 1.17 bits per heavy atom. The first-order chi connectivity index (χ1) is 2.73. The van der Waals surface area contributed by atoms with Gasteiger partial charge in [0, 0.05) is 20.0 Å². The quantitative estimate of drug-likeness (QED) is 0.463.